The smallest absolute Gasteiger partial charge is 0.264 e. The fourth-order valence-electron chi connectivity index (χ4n) is 3.97. The molecule has 0 saturated heterocycles. The molecule has 2 amide bonds. The van der Waals surface area contributed by atoms with E-state index in [1.165, 1.54) is 20.2 Å². The molecule has 15 heteroatoms. The number of hydrogen-bond donors (Lipinski definition) is 2. The maximum atomic E-state index is 15.1. The molecule has 0 spiro atoms. The monoisotopic (exact) mass is 702 g/mol. The second-order valence-corrected chi connectivity index (χ2v) is 12.9. The standard InChI is InChI=1S/C25H31FN4O6S2.C2H6.2V.2H2/c1-14(2)18-10-16(13-27)24(26)23(15(3)4)19(18)12-22(31)29-38(35,36)21-9-8-17(37(33,34)28-5)11-20(21)25(32)30(6)7;1-2;;;;/h8-11,14-15,28H,12H2,1-7H3,(H,29,31);1-2H3;;;2*1H. The van der Waals surface area contributed by atoms with E-state index in [9.17, 15) is 31.7 Å². The van der Waals surface area contributed by atoms with Crippen molar-refractivity contribution in [2.45, 2.75) is 69.6 Å². The van der Waals surface area contributed by atoms with Crippen molar-refractivity contribution in [3.63, 3.8) is 0 Å². The molecule has 10 nitrogen and oxygen atoms in total. The van der Waals surface area contributed by atoms with Gasteiger partial charge in [0.25, 0.3) is 15.9 Å². The number of halogens is 1. The molecule has 0 aliphatic heterocycles. The predicted octanol–water partition coefficient (Wildman–Crippen LogP) is 4.11. The average molecular weight is 703 g/mol. The Bertz CT molecular complexity index is 1550. The van der Waals surface area contributed by atoms with Crippen LogP contribution in [0.1, 0.15) is 88.8 Å². The summed E-state index contributed by atoms with van der Waals surface area (Å²) in [6.45, 7) is 11.0. The summed E-state index contributed by atoms with van der Waals surface area (Å²) < 4.78 is 70.0. The molecule has 0 atom stereocenters. The second kappa shape index (κ2) is 17.2. The van der Waals surface area contributed by atoms with Crippen molar-refractivity contribution in [1.29, 1.82) is 5.26 Å². The molecule has 0 aliphatic carbocycles. The maximum absolute atomic E-state index is 15.1. The van der Waals surface area contributed by atoms with E-state index in [1.54, 1.807) is 27.7 Å². The third-order valence-electron chi connectivity index (χ3n) is 5.81. The van der Waals surface area contributed by atoms with E-state index in [2.05, 4.69) is 4.72 Å². The van der Waals surface area contributed by atoms with Crippen molar-refractivity contribution >= 4 is 31.9 Å². The van der Waals surface area contributed by atoms with Crippen LogP contribution in [0.15, 0.2) is 34.1 Å². The van der Waals surface area contributed by atoms with E-state index in [-0.39, 0.29) is 67.5 Å². The molecule has 234 valence electrons. The van der Waals surface area contributed by atoms with E-state index in [0.717, 1.165) is 30.1 Å². The van der Waals surface area contributed by atoms with Crippen molar-refractivity contribution in [3.8, 4) is 6.07 Å². The van der Waals surface area contributed by atoms with Crippen LogP contribution in [0.4, 0.5) is 4.39 Å². The van der Waals surface area contributed by atoms with Crippen molar-refractivity contribution in [3.05, 3.63) is 57.9 Å². The van der Waals surface area contributed by atoms with E-state index in [4.69, 9.17) is 0 Å². The average Bonchev–Trinajstić information content (AvgIpc) is 2.88. The van der Waals surface area contributed by atoms with Crippen molar-refractivity contribution < 1.29 is 70.8 Å². The van der Waals surface area contributed by atoms with E-state index >= 15 is 4.39 Å². The Labute approximate surface area is 275 Å². The Morgan fingerprint density at radius 3 is 1.98 bits per heavy atom. The first-order valence-corrected chi connectivity index (χ1v) is 15.5. The maximum Gasteiger partial charge on any atom is 0.264 e. The number of benzene rings is 2. The molecule has 2 N–H and O–H groups in total. The van der Waals surface area contributed by atoms with Crippen LogP contribution in [0.25, 0.3) is 0 Å². The number of nitrogens with one attached hydrogen (secondary N) is 2. The number of carbonyl (C=O) groups excluding carboxylic acids is 2. The summed E-state index contributed by atoms with van der Waals surface area (Å²) in [5, 5.41) is 9.36. The van der Waals surface area contributed by atoms with Crippen LogP contribution in [0.2, 0.25) is 0 Å². The van der Waals surface area contributed by atoms with Gasteiger partial charge in [0.05, 0.1) is 22.4 Å². The topological polar surface area (TPSA) is 154 Å². The third-order valence-corrected chi connectivity index (χ3v) is 8.65. The number of hydrogen-bond acceptors (Lipinski definition) is 7. The molecule has 42 heavy (non-hydrogen) atoms. The van der Waals surface area contributed by atoms with Crippen molar-refractivity contribution in [2.75, 3.05) is 21.1 Å². The van der Waals surface area contributed by atoms with Crippen LogP contribution < -0.4 is 9.44 Å². The molecule has 0 heterocycles. The van der Waals surface area contributed by atoms with Crippen molar-refractivity contribution in [2.24, 2.45) is 0 Å². The summed E-state index contributed by atoms with van der Waals surface area (Å²) in [7, 11) is -4.78. The molecule has 2 radical (unpaired) electrons. The van der Waals surface area contributed by atoms with E-state index < -0.39 is 60.5 Å². The summed E-state index contributed by atoms with van der Waals surface area (Å²) in [6, 6.07) is 6.02. The van der Waals surface area contributed by atoms with Gasteiger partial charge in [-0.05, 0) is 59.8 Å². The van der Waals surface area contributed by atoms with Crippen LogP contribution in [0, 0.1) is 17.1 Å². The minimum Gasteiger partial charge on any atom is -0.345 e. The summed E-state index contributed by atoms with van der Waals surface area (Å²) in [5.41, 5.74) is 0.327. The van der Waals surface area contributed by atoms with Gasteiger partial charge in [-0.25, -0.2) is 30.7 Å². The van der Waals surface area contributed by atoms with E-state index in [1.807, 2.05) is 24.6 Å². The molecule has 2 aromatic carbocycles. The van der Waals surface area contributed by atoms with Crippen LogP contribution in [0.5, 0.6) is 0 Å². The number of nitrogens with zero attached hydrogens (tertiary/aromatic N) is 2. The molecule has 0 aliphatic rings. The van der Waals surface area contributed by atoms with Gasteiger partial charge in [0.15, 0.2) is 0 Å². The number of rotatable bonds is 9. The first kappa shape index (κ1) is 42.0. The Morgan fingerprint density at radius 1 is 1.00 bits per heavy atom. The zero-order valence-electron chi connectivity index (χ0n) is 25.1. The number of carbonyl (C=O) groups is 2. The van der Waals surface area contributed by atoms with Crippen LogP contribution in [-0.2, 0) is 68.4 Å². The summed E-state index contributed by atoms with van der Waals surface area (Å²) in [4.78, 5) is 25.9. The molecule has 0 unspecified atom stereocenters. The van der Waals surface area contributed by atoms with Gasteiger partial charge in [-0.1, -0.05) is 41.5 Å². The van der Waals surface area contributed by atoms with Gasteiger partial charge in [-0.3, -0.25) is 9.59 Å². The molecule has 2 rings (SSSR count). The molecular formula is C27H41FN4O6S2V2. The second-order valence-electron chi connectivity index (χ2n) is 9.41. The Balaban J connectivity index is -0.00000130. The Hall–Kier alpha value is -2.17. The van der Waals surface area contributed by atoms with Gasteiger partial charge < -0.3 is 4.90 Å². The van der Waals surface area contributed by atoms with E-state index in [0.29, 0.717) is 5.56 Å². The number of sulfonamides is 2. The first-order chi connectivity index (χ1) is 18.5. The van der Waals surface area contributed by atoms with Gasteiger partial charge in [0, 0.05) is 54.1 Å². The predicted molar refractivity (Wildman–Crippen MR) is 155 cm³/mol. The van der Waals surface area contributed by atoms with Gasteiger partial charge in [0.2, 0.25) is 15.9 Å². The zero-order valence-corrected chi connectivity index (χ0v) is 29.5. The molecule has 2 aromatic rings. The molecule has 0 saturated carbocycles. The Morgan fingerprint density at radius 2 is 1.55 bits per heavy atom. The first-order valence-electron chi connectivity index (χ1n) is 12.6. The van der Waals surface area contributed by atoms with Crippen LogP contribution in [0.3, 0.4) is 0 Å². The summed E-state index contributed by atoms with van der Waals surface area (Å²) in [5.74, 6) is -3.17. The largest absolute Gasteiger partial charge is 0.345 e. The normalized spacial score (nSPS) is 10.9. The zero-order chi connectivity index (χ0) is 31.2. The van der Waals surface area contributed by atoms with Gasteiger partial charge in [-0.15, -0.1) is 0 Å². The number of nitriles is 1. The third kappa shape index (κ3) is 9.67. The summed E-state index contributed by atoms with van der Waals surface area (Å²) >= 11 is 0. The molecular weight excluding hydrogens is 661 g/mol. The van der Waals surface area contributed by atoms with Crippen LogP contribution in [-0.4, -0.2) is 54.7 Å². The molecule has 0 fully saturated rings. The minimum atomic E-state index is -4.66. The fourth-order valence-corrected chi connectivity index (χ4v) is 5.89. The fraction of sp³-hybridized carbons (Fsp3) is 0.444. The summed E-state index contributed by atoms with van der Waals surface area (Å²) in [6.07, 6.45) is -0.508. The Kier molecular flexibility index (Phi) is 17.2. The quantitative estimate of drug-likeness (QED) is 0.399. The SMILES string of the molecule is CC.CNS(=O)(=O)c1ccc(S(=O)(=O)NC(=O)Cc2c(C(C)C)cc(C#N)c(F)c2C(C)C)c(C(=O)N(C)C)c1.[HH].[HH].[V].[V]. The van der Waals surface area contributed by atoms with Crippen LogP contribution >= 0.6 is 0 Å². The van der Waals surface area contributed by atoms with Gasteiger partial charge in [-0.2, -0.15) is 5.26 Å². The minimum absolute atomic E-state index is 0. The number of amides is 2. The van der Waals surface area contributed by atoms with Gasteiger partial charge in [0.1, 0.15) is 16.8 Å². The molecule has 0 aromatic heterocycles. The van der Waals surface area contributed by atoms with Gasteiger partial charge >= 0.3 is 0 Å². The van der Waals surface area contributed by atoms with Crippen molar-refractivity contribution in [1.82, 2.24) is 14.3 Å². The molecule has 0 bridgehead atoms.